The Morgan fingerprint density at radius 3 is 2.25 bits per heavy atom. The quantitative estimate of drug-likeness (QED) is 0.567. The number of rotatable bonds is 5. The summed E-state index contributed by atoms with van der Waals surface area (Å²) < 4.78 is 1.50. The number of nitrogens with one attached hydrogen (secondary N) is 1. The molecule has 8 rings (SSSR count). The minimum Gasteiger partial charge on any atom is -0.368 e. The van der Waals surface area contributed by atoms with Crippen molar-refractivity contribution in [1.82, 2.24) is 19.8 Å². The van der Waals surface area contributed by atoms with Crippen molar-refractivity contribution in [2.24, 2.45) is 23.2 Å². The average Bonchev–Trinajstić information content (AvgIpc) is 2.88. The first-order valence-electron chi connectivity index (χ1n) is 15.6. The smallest absolute Gasteiger partial charge is 0.264 e. The number of carbonyl (C=O) groups is 2. The topological polar surface area (TPSA) is 87.5 Å². The van der Waals surface area contributed by atoms with Crippen LogP contribution in [0.1, 0.15) is 83.5 Å². The fraction of sp³-hybridized carbons (Fsp3) is 0.688. The van der Waals surface area contributed by atoms with Gasteiger partial charge in [-0.25, -0.2) is 4.98 Å². The molecule has 1 aromatic carbocycles. The van der Waals surface area contributed by atoms with Crippen LogP contribution in [0.3, 0.4) is 0 Å². The second-order valence-corrected chi connectivity index (χ2v) is 14.0. The van der Waals surface area contributed by atoms with Gasteiger partial charge in [0, 0.05) is 31.6 Å². The van der Waals surface area contributed by atoms with Crippen LogP contribution < -0.4 is 15.8 Å². The first-order chi connectivity index (χ1) is 19.2. The highest BCUT2D eigenvalue weighted by Gasteiger charge is 2.50. The molecule has 8 nitrogen and oxygen atoms in total. The summed E-state index contributed by atoms with van der Waals surface area (Å²) in [5, 5.41) is 2.97. The molecule has 1 N–H and O–H groups in total. The van der Waals surface area contributed by atoms with E-state index in [1.54, 1.807) is 6.92 Å². The van der Waals surface area contributed by atoms with Gasteiger partial charge in [0.1, 0.15) is 11.9 Å². The van der Waals surface area contributed by atoms with Crippen LogP contribution in [0.15, 0.2) is 23.0 Å². The van der Waals surface area contributed by atoms with E-state index in [0.717, 1.165) is 36.5 Å². The molecule has 2 aromatic rings. The third-order valence-electron chi connectivity index (χ3n) is 11.1. The van der Waals surface area contributed by atoms with Crippen LogP contribution in [0, 0.1) is 30.1 Å². The maximum absolute atomic E-state index is 14.0. The highest BCUT2D eigenvalue weighted by atomic mass is 16.2. The van der Waals surface area contributed by atoms with Crippen LogP contribution in [-0.4, -0.2) is 58.0 Å². The number of piperidine rings is 1. The molecule has 2 amide bonds. The van der Waals surface area contributed by atoms with Crippen molar-refractivity contribution in [1.29, 1.82) is 0 Å². The predicted octanol–water partition coefficient (Wildman–Crippen LogP) is 4.19. The van der Waals surface area contributed by atoms with Crippen molar-refractivity contribution in [3.05, 3.63) is 34.4 Å². The molecule has 3 atom stereocenters. The zero-order chi connectivity index (χ0) is 27.8. The number of hydrogen-bond donors (Lipinski definition) is 1. The number of nitrogens with zero attached hydrogens (tertiary/aromatic N) is 4. The van der Waals surface area contributed by atoms with Gasteiger partial charge in [-0.3, -0.25) is 29.2 Å². The summed E-state index contributed by atoms with van der Waals surface area (Å²) in [6.07, 6.45) is 10.7. The summed E-state index contributed by atoms with van der Waals surface area (Å²) in [5.41, 5.74) is 1.95. The fourth-order valence-corrected chi connectivity index (χ4v) is 9.85. The van der Waals surface area contributed by atoms with E-state index in [9.17, 15) is 14.4 Å². The lowest BCUT2D eigenvalue weighted by atomic mass is 9.49. The van der Waals surface area contributed by atoms with Crippen molar-refractivity contribution in [3.63, 3.8) is 0 Å². The molecule has 0 spiro atoms. The molecule has 6 aliphatic rings. The number of aromatic nitrogens is 2. The van der Waals surface area contributed by atoms with E-state index in [-0.39, 0.29) is 17.9 Å². The van der Waals surface area contributed by atoms with Crippen LogP contribution >= 0.6 is 0 Å². The highest BCUT2D eigenvalue weighted by molar-refractivity contribution is 5.99. The van der Waals surface area contributed by atoms with Crippen molar-refractivity contribution in [2.45, 2.75) is 96.7 Å². The monoisotopic (exact) mass is 545 g/mol. The Morgan fingerprint density at radius 1 is 0.975 bits per heavy atom. The number of benzene rings is 1. The van der Waals surface area contributed by atoms with Crippen LogP contribution in [0.2, 0.25) is 0 Å². The summed E-state index contributed by atoms with van der Waals surface area (Å²) in [4.78, 5) is 48.2. The maximum Gasteiger partial charge on any atom is 0.264 e. The number of amides is 2. The number of hydrogen-bond acceptors (Lipinski definition) is 6. The normalized spacial score (nSPS) is 35.9. The number of piperazine rings is 1. The lowest BCUT2D eigenvalue weighted by Crippen LogP contribution is -2.58. The van der Waals surface area contributed by atoms with E-state index >= 15 is 0 Å². The molecule has 0 unspecified atom stereocenters. The molecule has 4 aliphatic carbocycles. The van der Waals surface area contributed by atoms with Gasteiger partial charge in [-0.05, 0) is 114 Å². The Labute approximate surface area is 236 Å². The molecule has 4 bridgehead atoms. The molecule has 3 heterocycles. The van der Waals surface area contributed by atoms with Crippen molar-refractivity contribution < 1.29 is 9.59 Å². The second kappa shape index (κ2) is 9.68. The Balaban J connectivity index is 1.13. The maximum atomic E-state index is 14.0. The number of fused-ring (bicyclic) bond motifs is 1. The largest absolute Gasteiger partial charge is 0.368 e. The van der Waals surface area contributed by atoms with Crippen molar-refractivity contribution in [3.8, 4) is 0 Å². The Hall–Kier alpha value is -2.74. The lowest BCUT2D eigenvalue weighted by molar-refractivity contribution is -0.135. The first kappa shape index (κ1) is 26.2. The zero-order valence-electron chi connectivity index (χ0n) is 24.2. The third-order valence-corrected chi connectivity index (χ3v) is 11.1. The molecular formula is C32H43N5O3. The predicted molar refractivity (Wildman–Crippen MR) is 155 cm³/mol. The van der Waals surface area contributed by atoms with Gasteiger partial charge in [0.05, 0.1) is 16.6 Å². The van der Waals surface area contributed by atoms with Crippen molar-refractivity contribution >= 4 is 28.4 Å². The average molecular weight is 546 g/mol. The highest BCUT2D eigenvalue weighted by Crippen LogP contribution is 2.61. The minimum absolute atomic E-state index is 0.197. The number of anilines is 1. The molecule has 40 heavy (non-hydrogen) atoms. The van der Waals surface area contributed by atoms with E-state index in [1.165, 1.54) is 56.1 Å². The second-order valence-electron chi connectivity index (χ2n) is 14.0. The number of aryl methyl sites for hydroxylation is 1. The molecule has 214 valence electrons. The molecule has 4 saturated carbocycles. The van der Waals surface area contributed by atoms with Gasteiger partial charge >= 0.3 is 0 Å². The molecule has 6 fully saturated rings. The van der Waals surface area contributed by atoms with Gasteiger partial charge < -0.3 is 4.90 Å². The van der Waals surface area contributed by atoms with E-state index in [1.807, 2.05) is 18.2 Å². The molecule has 2 aliphatic heterocycles. The van der Waals surface area contributed by atoms with Gasteiger partial charge in [0.2, 0.25) is 11.8 Å². The summed E-state index contributed by atoms with van der Waals surface area (Å²) in [6, 6.07) is 5.94. The van der Waals surface area contributed by atoms with Crippen LogP contribution in [0.25, 0.3) is 10.9 Å². The van der Waals surface area contributed by atoms with Gasteiger partial charge in [0.15, 0.2) is 0 Å². The van der Waals surface area contributed by atoms with Gasteiger partial charge in [-0.1, -0.05) is 6.07 Å². The molecule has 8 heteroatoms. The molecule has 0 radical (unpaired) electrons. The van der Waals surface area contributed by atoms with Crippen LogP contribution in [-0.2, 0) is 9.59 Å². The van der Waals surface area contributed by atoms with E-state index < -0.39 is 11.9 Å². The molecule has 1 aromatic heterocycles. The van der Waals surface area contributed by atoms with Crippen molar-refractivity contribution in [2.75, 3.05) is 24.5 Å². The Kier molecular flexibility index (Phi) is 6.33. The molecular weight excluding hydrogens is 502 g/mol. The van der Waals surface area contributed by atoms with Gasteiger partial charge in [-0.2, -0.15) is 0 Å². The van der Waals surface area contributed by atoms with E-state index in [2.05, 4.69) is 29.0 Å². The number of imide groups is 1. The Morgan fingerprint density at radius 2 is 1.62 bits per heavy atom. The first-order valence-corrected chi connectivity index (χ1v) is 15.6. The van der Waals surface area contributed by atoms with Crippen LogP contribution in [0.4, 0.5) is 5.69 Å². The SMILES string of the molecule is Cc1nc2cccc(N3C[C@@H](C)N(CCC45CC6CC(CC(C6)C4)C5)[C@H](C)C3)c2c(=O)n1[C@@H]1CCC(=O)NC1=O. The summed E-state index contributed by atoms with van der Waals surface area (Å²) >= 11 is 0. The summed E-state index contributed by atoms with van der Waals surface area (Å²) in [5.74, 6) is 2.77. The number of carbonyl (C=O) groups excluding carboxylic acids is 2. The zero-order valence-corrected chi connectivity index (χ0v) is 24.2. The molecule has 2 saturated heterocycles. The van der Waals surface area contributed by atoms with E-state index in [0.29, 0.717) is 40.6 Å². The fourth-order valence-electron chi connectivity index (χ4n) is 9.85. The third kappa shape index (κ3) is 4.38. The van der Waals surface area contributed by atoms with Crippen LogP contribution in [0.5, 0.6) is 0 Å². The van der Waals surface area contributed by atoms with Gasteiger partial charge in [0.25, 0.3) is 5.56 Å². The van der Waals surface area contributed by atoms with Gasteiger partial charge in [-0.15, -0.1) is 0 Å². The minimum atomic E-state index is -0.713. The summed E-state index contributed by atoms with van der Waals surface area (Å²) in [6.45, 7) is 9.31. The lowest BCUT2D eigenvalue weighted by Gasteiger charge is -2.58. The standard InChI is InChI=1S/C32H43N5O3/c1-19-17-35(18-20(2)36(19)10-9-32-14-22-11-23(15-32)13-24(12-22)16-32)26-6-4-5-25-29(26)31(40)37(21(3)33-25)27-7-8-28(38)34-30(27)39/h4-6,19-20,22-24,27H,7-18H2,1-3H3,(H,34,38,39)/t19-,20-,22?,23?,24?,27-,32?/m1/s1. The summed E-state index contributed by atoms with van der Waals surface area (Å²) in [7, 11) is 0. The van der Waals surface area contributed by atoms with E-state index in [4.69, 9.17) is 4.98 Å². The Bertz CT molecular complexity index is 1370.